The van der Waals surface area contributed by atoms with Crippen molar-refractivity contribution in [2.45, 2.75) is 18.8 Å². The zero-order valence-electron chi connectivity index (χ0n) is 10.3. The number of para-hydroxylation sites is 1. The van der Waals surface area contributed by atoms with Crippen LogP contribution in [-0.4, -0.2) is 31.8 Å². The van der Waals surface area contributed by atoms with Crippen molar-refractivity contribution in [2.24, 2.45) is 5.92 Å². The number of benzene rings is 1. The fourth-order valence-corrected chi connectivity index (χ4v) is 4.47. The minimum Gasteiger partial charge on any atom is -0.481 e. The molecule has 1 heterocycles. The van der Waals surface area contributed by atoms with Gasteiger partial charge in [0.05, 0.1) is 18.0 Å². The summed E-state index contributed by atoms with van der Waals surface area (Å²) in [6.07, 6.45) is 1.91. The summed E-state index contributed by atoms with van der Waals surface area (Å²) in [4.78, 5) is 11.2. The molecule has 1 unspecified atom stereocenters. The summed E-state index contributed by atoms with van der Waals surface area (Å²) in [7, 11) is -3.41. The number of rotatable bonds is 4. The highest BCUT2D eigenvalue weighted by Crippen LogP contribution is 2.40. The summed E-state index contributed by atoms with van der Waals surface area (Å²) >= 11 is 0. The number of nitrogens with zero attached hydrogens (tertiary/aromatic N) is 1. The van der Waals surface area contributed by atoms with Crippen LogP contribution in [0.5, 0.6) is 0 Å². The average molecular weight is 281 g/mol. The fourth-order valence-electron chi connectivity index (χ4n) is 2.52. The number of carboxylic acid groups (broad SMARTS) is 1. The molecule has 6 heteroatoms. The second kappa shape index (κ2) is 4.23. The lowest BCUT2D eigenvalue weighted by Gasteiger charge is -2.19. The van der Waals surface area contributed by atoms with Crippen molar-refractivity contribution in [3.63, 3.8) is 0 Å². The molecule has 102 valence electrons. The average Bonchev–Trinajstić information content (AvgIpc) is 3.05. The lowest BCUT2D eigenvalue weighted by atomic mass is 10.0. The minimum absolute atomic E-state index is 0.0176. The van der Waals surface area contributed by atoms with Crippen LogP contribution in [0.2, 0.25) is 0 Å². The smallest absolute Gasteiger partial charge is 0.312 e. The largest absolute Gasteiger partial charge is 0.481 e. The highest BCUT2D eigenvalue weighted by Gasteiger charge is 2.40. The van der Waals surface area contributed by atoms with Crippen LogP contribution in [0.1, 0.15) is 24.3 Å². The molecule has 0 amide bonds. The van der Waals surface area contributed by atoms with Crippen molar-refractivity contribution in [1.82, 2.24) is 0 Å². The Bertz CT molecular complexity index is 621. The number of anilines is 1. The molecular weight excluding hydrogens is 266 g/mol. The molecular formula is C13H15NO4S. The van der Waals surface area contributed by atoms with Gasteiger partial charge < -0.3 is 5.11 Å². The van der Waals surface area contributed by atoms with Gasteiger partial charge in [-0.2, -0.15) is 0 Å². The summed E-state index contributed by atoms with van der Waals surface area (Å²) in [6.45, 7) is 0.0176. The number of aliphatic carboxylic acids is 1. The van der Waals surface area contributed by atoms with Crippen LogP contribution in [0.4, 0.5) is 5.69 Å². The Hall–Kier alpha value is -1.56. The molecule has 2 aliphatic rings. The van der Waals surface area contributed by atoms with Crippen molar-refractivity contribution in [1.29, 1.82) is 0 Å². The molecule has 1 aromatic carbocycles. The van der Waals surface area contributed by atoms with Crippen molar-refractivity contribution in [3.8, 4) is 0 Å². The molecule has 0 aromatic heterocycles. The predicted octanol–water partition coefficient (Wildman–Crippen LogP) is 1.41. The molecule has 1 saturated carbocycles. The summed E-state index contributed by atoms with van der Waals surface area (Å²) < 4.78 is 26.0. The van der Waals surface area contributed by atoms with Crippen LogP contribution in [0.25, 0.3) is 0 Å². The van der Waals surface area contributed by atoms with Gasteiger partial charge in [0, 0.05) is 0 Å². The van der Waals surface area contributed by atoms with Crippen LogP contribution < -0.4 is 4.31 Å². The van der Waals surface area contributed by atoms with Gasteiger partial charge in [-0.25, -0.2) is 8.42 Å². The molecule has 1 aliphatic carbocycles. The van der Waals surface area contributed by atoms with Crippen LogP contribution in [0.3, 0.4) is 0 Å². The molecule has 1 N–H and O–H groups in total. The highest BCUT2D eigenvalue weighted by molar-refractivity contribution is 7.92. The second-order valence-electron chi connectivity index (χ2n) is 5.20. The van der Waals surface area contributed by atoms with E-state index in [9.17, 15) is 18.3 Å². The van der Waals surface area contributed by atoms with Crippen molar-refractivity contribution < 1.29 is 18.3 Å². The van der Waals surface area contributed by atoms with Crippen LogP contribution in [0.15, 0.2) is 24.3 Å². The first kappa shape index (κ1) is 12.5. The first-order chi connectivity index (χ1) is 8.99. The quantitative estimate of drug-likeness (QED) is 0.905. The predicted molar refractivity (Wildman–Crippen MR) is 70.7 cm³/mol. The summed E-state index contributed by atoms with van der Waals surface area (Å²) in [6, 6.07) is 6.86. The standard InChI is InChI=1S/C13H15NO4S/c15-13(16)11-7-14(12-4-2-1-3-10(11)12)19(17,18)8-9-5-6-9/h1-4,9,11H,5-8H2,(H,15,16). The molecule has 1 fully saturated rings. The van der Waals surface area contributed by atoms with Gasteiger partial charge in [-0.1, -0.05) is 18.2 Å². The van der Waals surface area contributed by atoms with E-state index in [1.165, 1.54) is 4.31 Å². The van der Waals surface area contributed by atoms with E-state index in [0.717, 1.165) is 12.8 Å². The number of hydrogen-bond donors (Lipinski definition) is 1. The summed E-state index contributed by atoms with van der Waals surface area (Å²) in [5.41, 5.74) is 1.12. The Morgan fingerprint density at radius 3 is 2.63 bits per heavy atom. The van der Waals surface area contributed by atoms with E-state index in [0.29, 0.717) is 11.3 Å². The van der Waals surface area contributed by atoms with Gasteiger partial charge in [0.1, 0.15) is 5.92 Å². The van der Waals surface area contributed by atoms with E-state index in [-0.39, 0.29) is 18.2 Å². The van der Waals surface area contributed by atoms with E-state index in [1.54, 1.807) is 24.3 Å². The molecule has 0 saturated heterocycles. The Morgan fingerprint density at radius 1 is 1.32 bits per heavy atom. The van der Waals surface area contributed by atoms with E-state index >= 15 is 0 Å². The second-order valence-corrected chi connectivity index (χ2v) is 7.14. The van der Waals surface area contributed by atoms with Gasteiger partial charge in [0.25, 0.3) is 0 Å². The van der Waals surface area contributed by atoms with Gasteiger partial charge in [0.2, 0.25) is 10.0 Å². The van der Waals surface area contributed by atoms with Crippen molar-refractivity contribution in [3.05, 3.63) is 29.8 Å². The number of carbonyl (C=O) groups is 1. The third-order valence-corrected chi connectivity index (χ3v) is 5.62. The van der Waals surface area contributed by atoms with Gasteiger partial charge >= 0.3 is 5.97 Å². The van der Waals surface area contributed by atoms with E-state index in [1.807, 2.05) is 0 Å². The van der Waals surface area contributed by atoms with Gasteiger partial charge in [0.15, 0.2) is 0 Å². The molecule has 5 nitrogen and oxygen atoms in total. The molecule has 0 bridgehead atoms. The van der Waals surface area contributed by atoms with Gasteiger partial charge in [-0.3, -0.25) is 9.10 Å². The minimum atomic E-state index is -3.41. The van der Waals surface area contributed by atoms with Crippen LogP contribution in [0, 0.1) is 5.92 Å². The fraction of sp³-hybridized carbons (Fsp3) is 0.462. The maximum absolute atomic E-state index is 12.3. The Kier molecular flexibility index (Phi) is 2.78. The molecule has 19 heavy (non-hydrogen) atoms. The summed E-state index contributed by atoms with van der Waals surface area (Å²) in [5, 5.41) is 9.22. The zero-order chi connectivity index (χ0) is 13.6. The van der Waals surface area contributed by atoms with Gasteiger partial charge in [-0.15, -0.1) is 0 Å². The molecule has 1 atom stereocenters. The van der Waals surface area contributed by atoms with Gasteiger partial charge in [-0.05, 0) is 30.4 Å². The van der Waals surface area contributed by atoms with Crippen molar-refractivity contribution >= 4 is 21.7 Å². The molecule has 1 aliphatic heterocycles. The molecule has 0 spiro atoms. The third kappa shape index (κ3) is 2.20. The molecule has 0 radical (unpaired) electrons. The maximum atomic E-state index is 12.3. The Morgan fingerprint density at radius 2 is 2.00 bits per heavy atom. The first-order valence-corrected chi connectivity index (χ1v) is 7.92. The highest BCUT2D eigenvalue weighted by atomic mass is 32.2. The van der Waals surface area contributed by atoms with Crippen molar-refractivity contribution in [2.75, 3.05) is 16.6 Å². The normalized spacial score (nSPS) is 22.3. The lowest BCUT2D eigenvalue weighted by Crippen LogP contribution is -2.33. The number of carboxylic acids is 1. The van der Waals surface area contributed by atoms with E-state index < -0.39 is 21.9 Å². The van der Waals surface area contributed by atoms with E-state index in [2.05, 4.69) is 0 Å². The molecule has 3 rings (SSSR count). The van der Waals surface area contributed by atoms with E-state index in [4.69, 9.17) is 0 Å². The third-order valence-electron chi connectivity index (χ3n) is 3.71. The Labute approximate surface area is 111 Å². The summed E-state index contributed by atoms with van der Waals surface area (Å²) in [5.74, 6) is -1.35. The monoisotopic (exact) mass is 281 g/mol. The first-order valence-electron chi connectivity index (χ1n) is 6.31. The number of fused-ring (bicyclic) bond motifs is 1. The van der Waals surface area contributed by atoms with Crippen LogP contribution >= 0.6 is 0 Å². The number of hydrogen-bond acceptors (Lipinski definition) is 3. The SMILES string of the molecule is O=C(O)C1CN(S(=O)(=O)CC2CC2)c2ccccc21. The number of sulfonamides is 1. The zero-order valence-corrected chi connectivity index (χ0v) is 11.1. The molecule has 1 aromatic rings. The van der Waals surface area contributed by atoms with Crippen LogP contribution in [-0.2, 0) is 14.8 Å². The maximum Gasteiger partial charge on any atom is 0.312 e. The lowest BCUT2D eigenvalue weighted by molar-refractivity contribution is -0.138. The Balaban J connectivity index is 1.98. The topological polar surface area (TPSA) is 74.7 Å².